The molecule has 0 saturated carbocycles. The third kappa shape index (κ3) is 2.78. The maximum Gasteiger partial charge on any atom is 0.342 e. The van der Waals surface area contributed by atoms with Gasteiger partial charge >= 0.3 is 5.97 Å². The molecule has 0 spiro atoms. The average Bonchev–Trinajstić information content (AvgIpc) is 3.10. The highest BCUT2D eigenvalue weighted by Crippen LogP contribution is 2.33. The lowest BCUT2D eigenvalue weighted by molar-refractivity contribution is 0.0530. The van der Waals surface area contributed by atoms with E-state index in [4.69, 9.17) is 4.74 Å². The summed E-state index contributed by atoms with van der Waals surface area (Å²) in [5, 5.41) is 11.2. The lowest BCUT2D eigenvalue weighted by Crippen LogP contribution is -2.42. The smallest absolute Gasteiger partial charge is 0.342 e. The van der Waals surface area contributed by atoms with Gasteiger partial charge in [0, 0.05) is 43.5 Å². The third-order valence-electron chi connectivity index (χ3n) is 4.83. The van der Waals surface area contributed by atoms with E-state index in [1.807, 2.05) is 11.8 Å². The van der Waals surface area contributed by atoms with E-state index in [1.165, 1.54) is 6.21 Å². The Morgan fingerprint density at radius 1 is 1.50 bits per heavy atom. The predicted octanol–water partition coefficient (Wildman–Crippen LogP) is 2.63. The number of benzene rings is 1. The molecule has 4 rings (SSSR count). The number of rotatable bonds is 3. The SMILES string of the molecule is CN=Cc1c(N2CCOC(C)C2)c(F)cc2c(=O)c(C(=O)O)c3sccn3c12. The van der Waals surface area contributed by atoms with Gasteiger partial charge in [-0.3, -0.25) is 9.79 Å². The molecule has 0 radical (unpaired) electrons. The van der Waals surface area contributed by atoms with Crippen molar-refractivity contribution < 1.29 is 19.0 Å². The summed E-state index contributed by atoms with van der Waals surface area (Å²) < 4.78 is 22.4. The molecule has 2 aromatic heterocycles. The summed E-state index contributed by atoms with van der Waals surface area (Å²) >= 11 is 1.15. The lowest BCUT2D eigenvalue weighted by atomic mass is 10.0. The van der Waals surface area contributed by atoms with E-state index in [9.17, 15) is 14.7 Å². The van der Waals surface area contributed by atoms with Crippen LogP contribution in [0.25, 0.3) is 15.7 Å². The molecule has 9 heteroatoms. The summed E-state index contributed by atoms with van der Waals surface area (Å²) in [6, 6.07) is 1.14. The van der Waals surface area contributed by atoms with E-state index in [1.54, 1.807) is 23.0 Å². The molecular weight excluding hydrogens is 385 g/mol. The van der Waals surface area contributed by atoms with Crippen LogP contribution in [0.3, 0.4) is 0 Å². The van der Waals surface area contributed by atoms with Gasteiger partial charge in [0.15, 0.2) is 0 Å². The minimum Gasteiger partial charge on any atom is -0.477 e. The standard InChI is InChI=1S/C19H18FN3O4S/c1-10-9-22(3-5-27-10)16-12(8-21-2)15-11(7-13(16)20)17(24)14(19(25)26)18-23(15)4-6-28-18/h4,6-8,10H,3,5,9H2,1-2H3,(H,25,26). The molecule has 0 bridgehead atoms. The van der Waals surface area contributed by atoms with Crippen LogP contribution in [0.4, 0.5) is 10.1 Å². The first-order valence-corrected chi connectivity index (χ1v) is 9.62. The number of halogens is 1. The fourth-order valence-electron chi connectivity index (χ4n) is 3.73. The predicted molar refractivity (Wildman–Crippen MR) is 107 cm³/mol. The number of aliphatic imine (C=N–C) groups is 1. The number of carboxylic acids is 1. The quantitative estimate of drug-likeness (QED) is 0.680. The molecule has 0 aliphatic carbocycles. The number of fused-ring (bicyclic) bond motifs is 3. The summed E-state index contributed by atoms with van der Waals surface area (Å²) in [4.78, 5) is 30.8. The summed E-state index contributed by atoms with van der Waals surface area (Å²) in [7, 11) is 1.57. The van der Waals surface area contributed by atoms with Crippen LogP contribution in [0, 0.1) is 5.82 Å². The van der Waals surface area contributed by atoms with Crippen LogP contribution >= 0.6 is 11.3 Å². The van der Waals surface area contributed by atoms with Crippen molar-refractivity contribution in [2.45, 2.75) is 13.0 Å². The highest BCUT2D eigenvalue weighted by Gasteiger charge is 2.27. The number of thiazole rings is 1. The van der Waals surface area contributed by atoms with Crippen LogP contribution in [-0.4, -0.2) is 54.5 Å². The van der Waals surface area contributed by atoms with Crippen LogP contribution in [0.5, 0.6) is 0 Å². The van der Waals surface area contributed by atoms with Crippen LogP contribution in [-0.2, 0) is 4.74 Å². The molecule has 1 aromatic carbocycles. The Bertz CT molecular complexity index is 1180. The zero-order valence-electron chi connectivity index (χ0n) is 15.3. The molecule has 3 aromatic rings. The maximum atomic E-state index is 15.2. The first-order chi connectivity index (χ1) is 13.4. The second-order valence-corrected chi connectivity index (χ2v) is 7.51. The van der Waals surface area contributed by atoms with E-state index in [0.717, 1.165) is 17.4 Å². The number of nitrogens with zero attached hydrogens (tertiary/aromatic N) is 3. The Morgan fingerprint density at radius 2 is 2.29 bits per heavy atom. The number of anilines is 1. The van der Waals surface area contributed by atoms with Crippen molar-refractivity contribution in [3.8, 4) is 0 Å². The molecule has 1 unspecified atom stereocenters. The van der Waals surface area contributed by atoms with Crippen molar-refractivity contribution in [3.63, 3.8) is 0 Å². The van der Waals surface area contributed by atoms with Crippen molar-refractivity contribution in [2.75, 3.05) is 31.6 Å². The molecule has 0 amide bonds. The number of hydrogen-bond acceptors (Lipinski definition) is 6. The molecule has 1 aliphatic rings. The van der Waals surface area contributed by atoms with Gasteiger partial charge in [-0.05, 0) is 13.0 Å². The second kappa shape index (κ2) is 6.99. The van der Waals surface area contributed by atoms with Gasteiger partial charge in [0.05, 0.1) is 29.3 Å². The zero-order valence-corrected chi connectivity index (χ0v) is 16.1. The number of aromatic carboxylic acids is 1. The number of ether oxygens (including phenoxy) is 1. The number of carbonyl (C=O) groups is 1. The van der Waals surface area contributed by atoms with Gasteiger partial charge in [-0.15, -0.1) is 11.3 Å². The topological polar surface area (TPSA) is 83.6 Å². The van der Waals surface area contributed by atoms with Crippen molar-refractivity contribution in [2.24, 2.45) is 4.99 Å². The molecule has 28 heavy (non-hydrogen) atoms. The van der Waals surface area contributed by atoms with Gasteiger partial charge in [-0.1, -0.05) is 0 Å². The Kier molecular flexibility index (Phi) is 4.64. The molecule has 146 valence electrons. The van der Waals surface area contributed by atoms with Gasteiger partial charge in [-0.25, -0.2) is 9.18 Å². The maximum absolute atomic E-state index is 15.2. The summed E-state index contributed by atoms with van der Waals surface area (Å²) in [6.07, 6.45) is 3.14. The van der Waals surface area contributed by atoms with Crippen LogP contribution in [0.15, 0.2) is 27.4 Å². The molecule has 1 fully saturated rings. The van der Waals surface area contributed by atoms with Crippen molar-refractivity contribution in [1.29, 1.82) is 0 Å². The highest BCUT2D eigenvalue weighted by atomic mass is 32.1. The van der Waals surface area contributed by atoms with Gasteiger partial charge < -0.3 is 19.1 Å². The van der Waals surface area contributed by atoms with Gasteiger partial charge in [-0.2, -0.15) is 0 Å². The van der Waals surface area contributed by atoms with Crippen molar-refractivity contribution in [3.05, 3.63) is 44.8 Å². The first-order valence-electron chi connectivity index (χ1n) is 8.74. The fourth-order valence-corrected chi connectivity index (χ4v) is 4.61. The van der Waals surface area contributed by atoms with E-state index in [0.29, 0.717) is 41.3 Å². The third-order valence-corrected chi connectivity index (χ3v) is 5.71. The highest BCUT2D eigenvalue weighted by molar-refractivity contribution is 7.16. The van der Waals surface area contributed by atoms with Gasteiger partial charge in [0.25, 0.3) is 0 Å². The van der Waals surface area contributed by atoms with Crippen LogP contribution in [0.1, 0.15) is 22.8 Å². The minimum atomic E-state index is -1.33. The fraction of sp³-hybridized carbons (Fsp3) is 0.316. The number of hydrogen-bond donors (Lipinski definition) is 1. The summed E-state index contributed by atoms with van der Waals surface area (Å²) in [6.45, 7) is 3.39. The van der Waals surface area contributed by atoms with Crippen LogP contribution in [0.2, 0.25) is 0 Å². The molecular formula is C19H18FN3O4S. The number of pyridine rings is 1. The Balaban J connectivity index is 2.15. The summed E-state index contributed by atoms with van der Waals surface area (Å²) in [5.74, 6) is -1.91. The zero-order chi connectivity index (χ0) is 20.0. The number of carboxylic acid groups (broad SMARTS) is 1. The van der Waals surface area contributed by atoms with Gasteiger partial charge in [0.1, 0.15) is 16.2 Å². The average molecular weight is 403 g/mol. The molecule has 1 atom stereocenters. The Hall–Kier alpha value is -2.78. The molecule has 1 N–H and O–H groups in total. The minimum absolute atomic E-state index is 0.0192. The summed E-state index contributed by atoms with van der Waals surface area (Å²) in [5.41, 5.74) is 0.197. The molecule has 7 nitrogen and oxygen atoms in total. The van der Waals surface area contributed by atoms with Gasteiger partial charge in [0.2, 0.25) is 5.43 Å². The molecule has 1 aliphatic heterocycles. The monoisotopic (exact) mass is 403 g/mol. The number of aromatic nitrogens is 1. The first kappa shape index (κ1) is 18.6. The molecule has 1 saturated heterocycles. The van der Waals surface area contributed by atoms with E-state index in [2.05, 4.69) is 4.99 Å². The van der Waals surface area contributed by atoms with Crippen molar-refractivity contribution >= 4 is 44.9 Å². The Morgan fingerprint density at radius 3 is 2.96 bits per heavy atom. The largest absolute Gasteiger partial charge is 0.477 e. The van der Waals surface area contributed by atoms with E-state index >= 15 is 4.39 Å². The van der Waals surface area contributed by atoms with Crippen molar-refractivity contribution in [1.82, 2.24) is 4.40 Å². The number of morpholine rings is 1. The molecule has 3 heterocycles. The van der Waals surface area contributed by atoms with E-state index in [-0.39, 0.29) is 17.1 Å². The second-order valence-electron chi connectivity index (χ2n) is 6.62. The lowest BCUT2D eigenvalue weighted by Gasteiger charge is -2.34. The Labute approximate surface area is 163 Å². The normalized spacial score (nSPS) is 17.8. The van der Waals surface area contributed by atoms with E-state index < -0.39 is 17.2 Å². The van der Waals surface area contributed by atoms with Crippen LogP contribution < -0.4 is 10.3 Å².